The zero-order valence-electron chi connectivity index (χ0n) is 13.9. The van der Waals surface area contributed by atoms with Crippen LogP contribution in [0.15, 0.2) is 36.4 Å². The lowest BCUT2D eigenvalue weighted by molar-refractivity contribution is 0.710. The Labute approximate surface area is 129 Å². The maximum Gasteiger partial charge on any atom is 0.0341 e. The number of nitrogens with two attached hydrogens (primary N) is 1. The maximum atomic E-state index is 6.48. The average Bonchev–Trinajstić information content (AvgIpc) is 2.37. The Bertz CT molecular complexity index is 585. The first-order valence-electron chi connectivity index (χ1n) is 7.80. The fourth-order valence-corrected chi connectivity index (χ4v) is 3.17. The second kappa shape index (κ2) is 6.44. The molecule has 2 aromatic rings. The third kappa shape index (κ3) is 3.74. The summed E-state index contributed by atoms with van der Waals surface area (Å²) in [5.74, 6) is 0.578. The Morgan fingerprint density at radius 2 is 1.43 bits per heavy atom. The molecule has 1 atom stereocenters. The van der Waals surface area contributed by atoms with Gasteiger partial charge in [-0.3, -0.25) is 0 Å². The van der Waals surface area contributed by atoms with E-state index in [0.717, 1.165) is 6.42 Å². The third-order valence-corrected chi connectivity index (χ3v) is 4.21. The van der Waals surface area contributed by atoms with Crippen LogP contribution in [-0.4, -0.2) is 0 Å². The highest BCUT2D eigenvalue weighted by Crippen LogP contribution is 2.25. The molecule has 0 saturated heterocycles. The van der Waals surface area contributed by atoms with E-state index in [1.807, 2.05) is 0 Å². The molecular formula is C20H27N. The number of hydrogen-bond acceptors (Lipinski definition) is 1. The van der Waals surface area contributed by atoms with Crippen molar-refractivity contribution in [3.63, 3.8) is 0 Å². The quantitative estimate of drug-likeness (QED) is 0.840. The van der Waals surface area contributed by atoms with Gasteiger partial charge in [-0.15, -0.1) is 0 Å². The summed E-state index contributed by atoms with van der Waals surface area (Å²) in [4.78, 5) is 0. The number of benzene rings is 2. The summed E-state index contributed by atoms with van der Waals surface area (Å²) in [5, 5.41) is 0. The Hall–Kier alpha value is -1.60. The molecule has 0 aromatic heterocycles. The highest BCUT2D eigenvalue weighted by molar-refractivity contribution is 5.40. The zero-order chi connectivity index (χ0) is 15.6. The second-order valence-corrected chi connectivity index (χ2v) is 6.52. The topological polar surface area (TPSA) is 26.0 Å². The van der Waals surface area contributed by atoms with Crippen LogP contribution < -0.4 is 5.73 Å². The molecule has 2 rings (SSSR count). The van der Waals surface area contributed by atoms with Crippen LogP contribution >= 0.6 is 0 Å². The summed E-state index contributed by atoms with van der Waals surface area (Å²) in [7, 11) is 0. The van der Waals surface area contributed by atoms with Crippen LogP contribution in [-0.2, 0) is 6.42 Å². The van der Waals surface area contributed by atoms with Gasteiger partial charge in [-0.05, 0) is 60.9 Å². The van der Waals surface area contributed by atoms with Gasteiger partial charge in [0.1, 0.15) is 0 Å². The van der Waals surface area contributed by atoms with E-state index in [1.54, 1.807) is 0 Å². The Morgan fingerprint density at radius 3 is 1.90 bits per heavy atom. The number of aryl methyl sites for hydroxylation is 3. The van der Waals surface area contributed by atoms with E-state index in [0.29, 0.717) is 5.92 Å². The van der Waals surface area contributed by atoms with Gasteiger partial charge in [-0.25, -0.2) is 0 Å². The molecule has 2 aromatic carbocycles. The summed E-state index contributed by atoms with van der Waals surface area (Å²) in [6, 6.07) is 13.4. The SMILES string of the molecule is Cc1cc(C)c(C(N)Cc2ccc(C(C)C)cc2)c(C)c1. The minimum atomic E-state index is 0.0653. The van der Waals surface area contributed by atoms with Crippen LogP contribution in [0.4, 0.5) is 0 Å². The summed E-state index contributed by atoms with van der Waals surface area (Å²) < 4.78 is 0. The molecule has 0 fully saturated rings. The Morgan fingerprint density at radius 1 is 0.905 bits per heavy atom. The summed E-state index contributed by atoms with van der Waals surface area (Å²) in [6.07, 6.45) is 0.892. The second-order valence-electron chi connectivity index (χ2n) is 6.52. The van der Waals surface area contributed by atoms with Crippen LogP contribution in [0, 0.1) is 20.8 Å². The van der Waals surface area contributed by atoms with E-state index in [-0.39, 0.29) is 6.04 Å². The summed E-state index contributed by atoms with van der Waals surface area (Å²) >= 11 is 0. The average molecular weight is 281 g/mol. The first kappa shape index (κ1) is 15.8. The lowest BCUT2D eigenvalue weighted by Crippen LogP contribution is -2.16. The van der Waals surface area contributed by atoms with E-state index in [2.05, 4.69) is 71.0 Å². The van der Waals surface area contributed by atoms with Crippen molar-refractivity contribution in [2.24, 2.45) is 5.73 Å². The first-order valence-corrected chi connectivity index (χ1v) is 7.80. The molecular weight excluding hydrogens is 254 g/mol. The minimum absolute atomic E-state index is 0.0653. The van der Waals surface area contributed by atoms with Crippen LogP contribution in [0.2, 0.25) is 0 Å². The molecule has 0 heterocycles. The minimum Gasteiger partial charge on any atom is -0.324 e. The highest BCUT2D eigenvalue weighted by atomic mass is 14.6. The summed E-state index contributed by atoms with van der Waals surface area (Å²) in [6.45, 7) is 10.9. The van der Waals surface area contributed by atoms with Crippen molar-refractivity contribution in [2.75, 3.05) is 0 Å². The smallest absolute Gasteiger partial charge is 0.0341 e. The van der Waals surface area contributed by atoms with E-state index in [1.165, 1.54) is 33.4 Å². The normalized spacial score (nSPS) is 12.7. The van der Waals surface area contributed by atoms with E-state index in [9.17, 15) is 0 Å². The zero-order valence-corrected chi connectivity index (χ0v) is 13.9. The predicted octanol–water partition coefficient (Wildman–Crippen LogP) is 4.98. The van der Waals surface area contributed by atoms with Crippen molar-refractivity contribution in [1.29, 1.82) is 0 Å². The van der Waals surface area contributed by atoms with Gasteiger partial charge in [0.05, 0.1) is 0 Å². The fraction of sp³-hybridized carbons (Fsp3) is 0.400. The molecule has 0 saturated carbocycles. The molecule has 0 spiro atoms. The lowest BCUT2D eigenvalue weighted by atomic mass is 9.90. The monoisotopic (exact) mass is 281 g/mol. The lowest BCUT2D eigenvalue weighted by Gasteiger charge is -2.19. The number of rotatable bonds is 4. The van der Waals surface area contributed by atoms with Crippen molar-refractivity contribution in [1.82, 2.24) is 0 Å². The Kier molecular flexibility index (Phi) is 4.84. The van der Waals surface area contributed by atoms with Crippen LogP contribution in [0.25, 0.3) is 0 Å². The van der Waals surface area contributed by atoms with Gasteiger partial charge in [-0.2, -0.15) is 0 Å². The Balaban J connectivity index is 2.20. The summed E-state index contributed by atoms with van der Waals surface area (Å²) in [5.41, 5.74) is 14.4. The number of hydrogen-bond donors (Lipinski definition) is 1. The van der Waals surface area contributed by atoms with Crippen LogP contribution in [0.3, 0.4) is 0 Å². The van der Waals surface area contributed by atoms with Crippen LogP contribution in [0.1, 0.15) is 59.2 Å². The van der Waals surface area contributed by atoms with Crippen molar-refractivity contribution in [3.05, 3.63) is 69.8 Å². The molecule has 1 heteroatoms. The van der Waals surface area contributed by atoms with Crippen molar-refractivity contribution < 1.29 is 0 Å². The molecule has 0 amide bonds. The molecule has 2 N–H and O–H groups in total. The molecule has 0 aliphatic rings. The standard InChI is InChI=1S/C20H27N/c1-13(2)18-8-6-17(7-9-18)12-19(21)20-15(4)10-14(3)11-16(20)5/h6-11,13,19H,12,21H2,1-5H3. The van der Waals surface area contributed by atoms with E-state index >= 15 is 0 Å². The molecule has 0 bridgehead atoms. The van der Waals surface area contributed by atoms with Gasteiger partial charge < -0.3 is 5.73 Å². The van der Waals surface area contributed by atoms with Crippen molar-refractivity contribution in [2.45, 2.75) is 53.0 Å². The molecule has 0 aliphatic carbocycles. The van der Waals surface area contributed by atoms with Gasteiger partial charge in [0.25, 0.3) is 0 Å². The van der Waals surface area contributed by atoms with Gasteiger partial charge in [-0.1, -0.05) is 55.8 Å². The van der Waals surface area contributed by atoms with E-state index in [4.69, 9.17) is 5.73 Å². The largest absolute Gasteiger partial charge is 0.324 e. The predicted molar refractivity (Wildman–Crippen MR) is 91.8 cm³/mol. The molecule has 1 nitrogen and oxygen atoms in total. The van der Waals surface area contributed by atoms with Gasteiger partial charge in [0, 0.05) is 6.04 Å². The highest BCUT2D eigenvalue weighted by Gasteiger charge is 2.13. The van der Waals surface area contributed by atoms with Crippen molar-refractivity contribution >= 4 is 0 Å². The molecule has 112 valence electrons. The van der Waals surface area contributed by atoms with Gasteiger partial charge in [0.2, 0.25) is 0 Å². The van der Waals surface area contributed by atoms with Gasteiger partial charge in [0.15, 0.2) is 0 Å². The van der Waals surface area contributed by atoms with Gasteiger partial charge >= 0.3 is 0 Å². The molecule has 0 aliphatic heterocycles. The van der Waals surface area contributed by atoms with E-state index < -0.39 is 0 Å². The third-order valence-electron chi connectivity index (χ3n) is 4.21. The van der Waals surface area contributed by atoms with Crippen LogP contribution in [0.5, 0.6) is 0 Å². The van der Waals surface area contributed by atoms with Crippen molar-refractivity contribution in [3.8, 4) is 0 Å². The molecule has 21 heavy (non-hydrogen) atoms. The molecule has 0 radical (unpaired) electrons. The first-order chi connectivity index (χ1) is 9.88. The molecule has 1 unspecified atom stereocenters. The maximum absolute atomic E-state index is 6.48. The fourth-order valence-electron chi connectivity index (χ4n) is 3.17.